The highest BCUT2D eigenvalue weighted by Crippen LogP contribution is 2.30. The Bertz CT molecular complexity index is 546. The van der Waals surface area contributed by atoms with E-state index in [2.05, 4.69) is 11.3 Å². The zero-order valence-electron chi connectivity index (χ0n) is 10.9. The van der Waals surface area contributed by atoms with Gasteiger partial charge in [0.2, 0.25) is 11.6 Å². The van der Waals surface area contributed by atoms with Gasteiger partial charge in [0, 0.05) is 12.0 Å². The molecule has 1 rings (SSSR count). The second kappa shape index (κ2) is 7.62. The highest BCUT2D eigenvalue weighted by molar-refractivity contribution is 14.1. The summed E-state index contributed by atoms with van der Waals surface area (Å²) in [5.74, 6) is -7.97. The summed E-state index contributed by atoms with van der Waals surface area (Å²) in [7, 11) is 0. The Hall–Kier alpha value is -1.32. The quantitative estimate of drug-likeness (QED) is 0.134. The van der Waals surface area contributed by atoms with Crippen LogP contribution in [-0.4, -0.2) is 19.2 Å². The molecule has 0 aliphatic heterocycles. The largest absolute Gasteiger partial charge is 0.487 e. The van der Waals surface area contributed by atoms with Crippen LogP contribution in [0.15, 0.2) is 12.2 Å². The fraction of sp³-hybridized carbons (Fsp3) is 0.308. The monoisotopic (exact) mass is 418 g/mol. The molecule has 0 spiro atoms. The van der Waals surface area contributed by atoms with Gasteiger partial charge in [-0.1, -0.05) is 6.58 Å². The molecule has 0 heterocycles. The average Bonchev–Trinajstić information content (AvgIpc) is 2.45. The fourth-order valence-electron chi connectivity index (χ4n) is 1.23. The third kappa shape index (κ3) is 4.32. The van der Waals surface area contributed by atoms with Gasteiger partial charge in [-0.15, -0.1) is 0 Å². The van der Waals surface area contributed by atoms with E-state index in [0.717, 1.165) is 22.6 Å². The first-order valence-electron chi connectivity index (χ1n) is 5.74. The Morgan fingerprint density at radius 1 is 1.10 bits per heavy atom. The van der Waals surface area contributed by atoms with Crippen LogP contribution < -0.4 is 4.74 Å². The van der Waals surface area contributed by atoms with Crippen molar-refractivity contribution in [2.75, 3.05) is 13.2 Å². The zero-order chi connectivity index (χ0) is 16.2. The van der Waals surface area contributed by atoms with Gasteiger partial charge in [0.05, 0.1) is 16.8 Å². The minimum atomic E-state index is -1.60. The molecule has 21 heavy (non-hydrogen) atoms. The Labute approximate surface area is 132 Å². The Morgan fingerprint density at radius 2 is 1.62 bits per heavy atom. The second-order valence-corrected chi connectivity index (χ2v) is 5.10. The van der Waals surface area contributed by atoms with Crippen LogP contribution in [0, 0.1) is 26.8 Å². The van der Waals surface area contributed by atoms with E-state index >= 15 is 0 Å². The Kier molecular flexibility index (Phi) is 6.43. The summed E-state index contributed by atoms with van der Waals surface area (Å²) in [5, 5.41) is 0. The molecular weight excluding hydrogens is 407 g/mol. The number of carbonyl (C=O) groups excluding carboxylic acids is 1. The number of esters is 1. The van der Waals surface area contributed by atoms with Gasteiger partial charge < -0.3 is 9.47 Å². The normalized spacial score (nSPS) is 10.4. The molecule has 0 radical (unpaired) electrons. The van der Waals surface area contributed by atoms with Crippen molar-refractivity contribution >= 4 is 28.6 Å². The molecule has 0 saturated carbocycles. The highest BCUT2D eigenvalue weighted by atomic mass is 127. The third-order valence-corrected chi connectivity index (χ3v) is 3.23. The SMILES string of the molecule is C=C(C)C(=O)OCCCOc1c(F)c(F)c(I)c(F)c1F. The van der Waals surface area contributed by atoms with E-state index in [1.54, 1.807) is 0 Å². The molecule has 0 fully saturated rings. The van der Waals surface area contributed by atoms with Crippen molar-refractivity contribution in [2.24, 2.45) is 0 Å². The standard InChI is InChI=1S/C13H11F4IO3/c1-6(2)13(19)21-5-3-4-20-12-9(16)7(14)11(18)8(15)10(12)17/h1,3-5H2,2H3. The van der Waals surface area contributed by atoms with Crippen molar-refractivity contribution in [3.05, 3.63) is 39.0 Å². The van der Waals surface area contributed by atoms with E-state index in [-0.39, 0.29) is 25.2 Å². The van der Waals surface area contributed by atoms with Crippen molar-refractivity contribution < 1.29 is 31.8 Å². The van der Waals surface area contributed by atoms with Crippen LogP contribution in [0.3, 0.4) is 0 Å². The summed E-state index contributed by atoms with van der Waals surface area (Å²) in [6.07, 6.45) is 0.0904. The van der Waals surface area contributed by atoms with Gasteiger partial charge in [-0.2, -0.15) is 8.78 Å². The van der Waals surface area contributed by atoms with Crippen LogP contribution in [0.25, 0.3) is 0 Å². The van der Waals surface area contributed by atoms with E-state index in [9.17, 15) is 22.4 Å². The molecule has 1 aromatic carbocycles. The maximum absolute atomic E-state index is 13.4. The number of carbonyl (C=O) groups is 1. The van der Waals surface area contributed by atoms with Crippen LogP contribution >= 0.6 is 22.6 Å². The molecule has 0 aliphatic carbocycles. The summed E-state index contributed by atoms with van der Waals surface area (Å²) in [5.41, 5.74) is 0.204. The smallest absolute Gasteiger partial charge is 0.333 e. The van der Waals surface area contributed by atoms with Crippen LogP contribution in [0.2, 0.25) is 0 Å². The molecule has 116 valence electrons. The molecular formula is C13H11F4IO3. The minimum Gasteiger partial charge on any atom is -0.487 e. The number of hydrogen-bond donors (Lipinski definition) is 0. The predicted molar refractivity (Wildman–Crippen MR) is 74.9 cm³/mol. The predicted octanol–water partition coefficient (Wildman–Crippen LogP) is 3.74. The summed E-state index contributed by atoms with van der Waals surface area (Å²) in [6.45, 7) is 4.46. The number of rotatable bonds is 6. The van der Waals surface area contributed by atoms with Gasteiger partial charge in [-0.05, 0) is 29.5 Å². The van der Waals surface area contributed by atoms with Gasteiger partial charge in [-0.3, -0.25) is 0 Å². The molecule has 0 unspecified atom stereocenters. The topological polar surface area (TPSA) is 35.5 Å². The van der Waals surface area contributed by atoms with Crippen LogP contribution in [0.4, 0.5) is 17.6 Å². The molecule has 0 N–H and O–H groups in total. The molecule has 8 heteroatoms. The van der Waals surface area contributed by atoms with Crippen molar-refractivity contribution in [3.8, 4) is 5.75 Å². The maximum Gasteiger partial charge on any atom is 0.333 e. The van der Waals surface area contributed by atoms with E-state index in [4.69, 9.17) is 4.74 Å². The van der Waals surface area contributed by atoms with Gasteiger partial charge in [-0.25, -0.2) is 13.6 Å². The molecule has 0 saturated heterocycles. The molecule has 0 amide bonds. The van der Waals surface area contributed by atoms with Crippen molar-refractivity contribution in [1.82, 2.24) is 0 Å². The van der Waals surface area contributed by atoms with Gasteiger partial charge in [0.15, 0.2) is 17.4 Å². The zero-order valence-corrected chi connectivity index (χ0v) is 13.1. The van der Waals surface area contributed by atoms with Crippen molar-refractivity contribution in [2.45, 2.75) is 13.3 Å². The maximum atomic E-state index is 13.4. The van der Waals surface area contributed by atoms with Crippen LogP contribution in [0.5, 0.6) is 5.75 Å². The lowest BCUT2D eigenvalue weighted by molar-refractivity contribution is -0.139. The molecule has 3 nitrogen and oxygen atoms in total. The van der Waals surface area contributed by atoms with Crippen molar-refractivity contribution in [3.63, 3.8) is 0 Å². The Balaban J connectivity index is 2.61. The molecule has 0 atom stereocenters. The lowest BCUT2D eigenvalue weighted by Gasteiger charge is -2.11. The first-order chi connectivity index (χ1) is 9.77. The average molecular weight is 418 g/mol. The number of benzene rings is 1. The van der Waals surface area contributed by atoms with Crippen LogP contribution in [-0.2, 0) is 9.53 Å². The molecule has 0 aliphatic rings. The number of hydrogen-bond acceptors (Lipinski definition) is 3. The second-order valence-electron chi connectivity index (χ2n) is 4.02. The third-order valence-electron chi connectivity index (χ3n) is 2.29. The summed E-state index contributed by atoms with van der Waals surface area (Å²) in [4.78, 5) is 11.0. The number of halogens is 5. The minimum absolute atomic E-state index is 0.0791. The van der Waals surface area contributed by atoms with E-state index in [1.807, 2.05) is 0 Å². The van der Waals surface area contributed by atoms with Gasteiger partial charge in [0.25, 0.3) is 0 Å². The lowest BCUT2D eigenvalue weighted by atomic mass is 10.3. The summed E-state index contributed by atoms with van der Waals surface area (Å²) < 4.78 is 62.0. The molecule has 1 aromatic rings. The molecule has 0 bridgehead atoms. The number of ether oxygens (including phenoxy) is 2. The molecule has 0 aromatic heterocycles. The summed E-state index contributed by atoms with van der Waals surface area (Å²) >= 11 is 1.15. The van der Waals surface area contributed by atoms with E-state index in [0.29, 0.717) is 0 Å². The lowest BCUT2D eigenvalue weighted by Crippen LogP contribution is -2.11. The first-order valence-corrected chi connectivity index (χ1v) is 6.82. The van der Waals surface area contributed by atoms with E-state index < -0.39 is 38.6 Å². The van der Waals surface area contributed by atoms with Gasteiger partial charge in [0.1, 0.15) is 0 Å². The first kappa shape index (κ1) is 17.7. The Morgan fingerprint density at radius 3 is 2.10 bits per heavy atom. The van der Waals surface area contributed by atoms with Crippen molar-refractivity contribution in [1.29, 1.82) is 0 Å². The fourth-order valence-corrected chi connectivity index (χ4v) is 1.71. The summed E-state index contributed by atoms with van der Waals surface area (Å²) in [6, 6.07) is 0. The highest BCUT2D eigenvalue weighted by Gasteiger charge is 2.25. The van der Waals surface area contributed by atoms with Gasteiger partial charge >= 0.3 is 5.97 Å². The van der Waals surface area contributed by atoms with Crippen LogP contribution in [0.1, 0.15) is 13.3 Å². The van der Waals surface area contributed by atoms with E-state index in [1.165, 1.54) is 6.92 Å².